The first-order valence-corrected chi connectivity index (χ1v) is 11.4. The summed E-state index contributed by atoms with van der Waals surface area (Å²) in [7, 11) is 0. The van der Waals surface area contributed by atoms with Crippen molar-refractivity contribution in [1.82, 2.24) is 0 Å². The number of aliphatic hydroxyl groups is 1. The van der Waals surface area contributed by atoms with Gasteiger partial charge in [0.2, 0.25) is 0 Å². The SMILES string of the molecule is OCCCC1CCC(C2CCC(CCc3ccc(OC(F)(F)F)cc3)CC2)CC1. The van der Waals surface area contributed by atoms with Gasteiger partial charge in [0.15, 0.2) is 0 Å². The smallest absolute Gasteiger partial charge is 0.406 e. The summed E-state index contributed by atoms with van der Waals surface area (Å²) in [5.41, 5.74) is 1.09. The molecule has 1 aromatic carbocycles. The van der Waals surface area contributed by atoms with Gasteiger partial charge in [0.05, 0.1) is 0 Å². The van der Waals surface area contributed by atoms with Gasteiger partial charge in [0, 0.05) is 6.61 Å². The molecule has 0 spiro atoms. The quantitative estimate of drug-likeness (QED) is 0.503. The van der Waals surface area contributed by atoms with Crippen molar-refractivity contribution in [2.45, 2.75) is 83.4 Å². The Morgan fingerprint density at radius 2 is 1.31 bits per heavy atom. The Labute approximate surface area is 172 Å². The molecule has 0 unspecified atom stereocenters. The molecule has 164 valence electrons. The summed E-state index contributed by atoms with van der Waals surface area (Å²) < 4.78 is 40.6. The molecule has 2 saturated carbocycles. The lowest BCUT2D eigenvalue weighted by Gasteiger charge is -2.38. The van der Waals surface area contributed by atoms with Gasteiger partial charge in [-0.05, 0) is 92.7 Å². The van der Waals surface area contributed by atoms with E-state index >= 15 is 0 Å². The van der Waals surface area contributed by atoms with Gasteiger partial charge in [-0.1, -0.05) is 37.8 Å². The second-order valence-electron chi connectivity index (χ2n) is 9.16. The minimum Gasteiger partial charge on any atom is -0.406 e. The zero-order valence-electron chi connectivity index (χ0n) is 17.3. The fourth-order valence-corrected chi connectivity index (χ4v) is 5.51. The van der Waals surface area contributed by atoms with Crippen LogP contribution >= 0.6 is 0 Å². The van der Waals surface area contributed by atoms with Crippen molar-refractivity contribution in [1.29, 1.82) is 0 Å². The highest BCUT2D eigenvalue weighted by Gasteiger charge is 2.31. The van der Waals surface area contributed by atoms with Crippen LogP contribution in [0.4, 0.5) is 13.2 Å². The first-order valence-electron chi connectivity index (χ1n) is 11.4. The minimum atomic E-state index is -4.63. The van der Waals surface area contributed by atoms with Gasteiger partial charge in [-0.2, -0.15) is 0 Å². The first kappa shape index (κ1) is 22.5. The Hall–Kier alpha value is -1.23. The minimum absolute atomic E-state index is 0.146. The zero-order valence-corrected chi connectivity index (χ0v) is 17.3. The van der Waals surface area contributed by atoms with E-state index in [0.29, 0.717) is 6.61 Å². The summed E-state index contributed by atoms with van der Waals surface area (Å²) in [6.45, 7) is 0.329. The van der Waals surface area contributed by atoms with Gasteiger partial charge >= 0.3 is 6.36 Å². The monoisotopic (exact) mass is 412 g/mol. The van der Waals surface area contributed by atoms with Crippen molar-refractivity contribution < 1.29 is 23.0 Å². The van der Waals surface area contributed by atoms with E-state index in [4.69, 9.17) is 5.11 Å². The lowest BCUT2D eigenvalue weighted by Crippen LogP contribution is -2.26. The highest BCUT2D eigenvalue weighted by Crippen LogP contribution is 2.43. The molecule has 1 aromatic rings. The molecular weight excluding hydrogens is 377 g/mol. The predicted octanol–water partition coefficient (Wildman–Crippen LogP) is 6.90. The van der Waals surface area contributed by atoms with E-state index in [1.54, 1.807) is 12.1 Å². The molecule has 0 radical (unpaired) electrons. The summed E-state index contributed by atoms with van der Waals surface area (Å²) in [5, 5.41) is 9.00. The van der Waals surface area contributed by atoms with Crippen LogP contribution in [0.15, 0.2) is 24.3 Å². The molecule has 29 heavy (non-hydrogen) atoms. The summed E-state index contributed by atoms with van der Waals surface area (Å²) in [4.78, 5) is 0. The Morgan fingerprint density at radius 1 is 0.793 bits per heavy atom. The maximum atomic E-state index is 12.2. The Morgan fingerprint density at radius 3 is 1.79 bits per heavy atom. The molecule has 0 aromatic heterocycles. The zero-order chi connectivity index (χ0) is 20.7. The molecule has 3 rings (SSSR count). The molecule has 2 aliphatic carbocycles. The standard InChI is InChI=1S/C24H35F3O2/c25-24(26,27)29-23-15-9-20(10-16-23)4-3-19-7-13-22(14-8-19)21-11-5-18(6-12-21)2-1-17-28/h9-10,15-16,18-19,21-22,28H,1-8,11-14,17H2. The maximum absolute atomic E-state index is 12.2. The van der Waals surface area contributed by atoms with Crippen molar-refractivity contribution in [3.8, 4) is 5.75 Å². The molecule has 5 heteroatoms. The third kappa shape index (κ3) is 7.51. The Kier molecular flexibility index (Phi) is 8.28. The van der Waals surface area contributed by atoms with Crippen LogP contribution in [0, 0.1) is 23.7 Å². The Bertz CT molecular complexity index is 583. The molecule has 0 saturated heterocycles. The summed E-state index contributed by atoms with van der Waals surface area (Å²) in [5.74, 6) is 3.24. The van der Waals surface area contributed by atoms with E-state index in [-0.39, 0.29) is 5.75 Å². The van der Waals surface area contributed by atoms with Crippen LogP contribution in [0.25, 0.3) is 0 Å². The average Bonchev–Trinajstić information content (AvgIpc) is 2.71. The van der Waals surface area contributed by atoms with Gasteiger partial charge in [0.25, 0.3) is 0 Å². The molecule has 2 fully saturated rings. The molecule has 2 aliphatic rings. The fourth-order valence-electron chi connectivity index (χ4n) is 5.51. The van der Waals surface area contributed by atoms with Gasteiger partial charge in [-0.3, -0.25) is 0 Å². The largest absolute Gasteiger partial charge is 0.573 e. The van der Waals surface area contributed by atoms with Crippen LogP contribution in [0.5, 0.6) is 5.75 Å². The fraction of sp³-hybridized carbons (Fsp3) is 0.750. The predicted molar refractivity (Wildman–Crippen MR) is 109 cm³/mol. The van der Waals surface area contributed by atoms with Crippen LogP contribution in [0.3, 0.4) is 0 Å². The molecule has 0 amide bonds. The average molecular weight is 413 g/mol. The number of ether oxygens (including phenoxy) is 1. The lowest BCUT2D eigenvalue weighted by molar-refractivity contribution is -0.274. The third-order valence-electron chi connectivity index (χ3n) is 7.22. The third-order valence-corrected chi connectivity index (χ3v) is 7.22. The van der Waals surface area contributed by atoms with Crippen molar-refractivity contribution in [3.63, 3.8) is 0 Å². The molecule has 0 heterocycles. The first-order chi connectivity index (χ1) is 13.9. The normalized spacial score (nSPS) is 28.3. The van der Waals surface area contributed by atoms with E-state index in [2.05, 4.69) is 4.74 Å². The molecule has 1 N–H and O–H groups in total. The topological polar surface area (TPSA) is 29.5 Å². The van der Waals surface area contributed by atoms with Crippen LogP contribution in [-0.2, 0) is 6.42 Å². The van der Waals surface area contributed by atoms with Crippen molar-refractivity contribution in [3.05, 3.63) is 29.8 Å². The number of halogens is 3. The number of hydrogen-bond donors (Lipinski definition) is 1. The van der Waals surface area contributed by atoms with Gasteiger partial charge in [-0.25, -0.2) is 0 Å². The molecule has 0 bridgehead atoms. The van der Waals surface area contributed by atoms with Crippen LogP contribution in [-0.4, -0.2) is 18.1 Å². The number of rotatable bonds is 8. The second-order valence-corrected chi connectivity index (χ2v) is 9.16. The van der Waals surface area contributed by atoms with Crippen molar-refractivity contribution in [2.75, 3.05) is 6.61 Å². The molecule has 2 nitrogen and oxygen atoms in total. The van der Waals surface area contributed by atoms with E-state index in [1.165, 1.54) is 69.9 Å². The highest BCUT2D eigenvalue weighted by molar-refractivity contribution is 5.27. The van der Waals surface area contributed by atoms with E-state index < -0.39 is 6.36 Å². The number of alkyl halides is 3. The second kappa shape index (κ2) is 10.7. The van der Waals surface area contributed by atoms with Gasteiger partial charge in [0.1, 0.15) is 5.75 Å². The van der Waals surface area contributed by atoms with E-state index in [0.717, 1.165) is 48.5 Å². The van der Waals surface area contributed by atoms with E-state index in [9.17, 15) is 13.2 Å². The molecule has 0 aliphatic heterocycles. The van der Waals surface area contributed by atoms with E-state index in [1.807, 2.05) is 0 Å². The molecule has 0 atom stereocenters. The summed E-state index contributed by atoms with van der Waals surface area (Å²) in [6, 6.07) is 6.33. The Balaban J connectivity index is 1.34. The number of benzene rings is 1. The lowest BCUT2D eigenvalue weighted by atomic mass is 9.68. The number of aliphatic hydroxyl groups excluding tert-OH is 1. The highest BCUT2D eigenvalue weighted by atomic mass is 19.4. The number of aryl methyl sites for hydroxylation is 1. The van der Waals surface area contributed by atoms with Crippen LogP contribution < -0.4 is 4.74 Å². The van der Waals surface area contributed by atoms with Crippen molar-refractivity contribution >= 4 is 0 Å². The maximum Gasteiger partial charge on any atom is 0.573 e. The van der Waals surface area contributed by atoms with Crippen LogP contribution in [0.1, 0.15) is 76.2 Å². The summed E-state index contributed by atoms with van der Waals surface area (Å²) >= 11 is 0. The van der Waals surface area contributed by atoms with Crippen molar-refractivity contribution in [2.24, 2.45) is 23.7 Å². The molecular formula is C24H35F3O2. The number of hydrogen-bond acceptors (Lipinski definition) is 2. The van der Waals surface area contributed by atoms with Gasteiger partial charge in [-0.15, -0.1) is 13.2 Å². The summed E-state index contributed by atoms with van der Waals surface area (Å²) in [6.07, 6.45) is 10.3. The van der Waals surface area contributed by atoms with Gasteiger partial charge < -0.3 is 9.84 Å². The van der Waals surface area contributed by atoms with Crippen LogP contribution in [0.2, 0.25) is 0 Å².